The summed E-state index contributed by atoms with van der Waals surface area (Å²) >= 11 is 2.61. The summed E-state index contributed by atoms with van der Waals surface area (Å²) in [7, 11) is -2.97. The summed E-state index contributed by atoms with van der Waals surface area (Å²) in [5, 5.41) is 0. The molecule has 0 fully saturated rings. The number of rotatable bonds is 10. The van der Waals surface area contributed by atoms with Gasteiger partial charge in [-0.1, -0.05) is 42.9 Å². The van der Waals surface area contributed by atoms with Gasteiger partial charge in [0.2, 0.25) is 0 Å². The predicted octanol–water partition coefficient (Wildman–Crippen LogP) is 5.15. The van der Waals surface area contributed by atoms with Crippen LogP contribution in [0.5, 0.6) is 0 Å². The van der Waals surface area contributed by atoms with Gasteiger partial charge in [-0.15, -0.1) is 0 Å². The van der Waals surface area contributed by atoms with Crippen LogP contribution in [0.4, 0.5) is 0 Å². The minimum Gasteiger partial charge on any atom is -0.455 e. The van der Waals surface area contributed by atoms with Gasteiger partial charge in [-0.3, -0.25) is 0 Å². The van der Waals surface area contributed by atoms with Crippen LogP contribution >= 0.6 is 22.6 Å². The first kappa shape index (κ1) is 20.1. The van der Waals surface area contributed by atoms with Gasteiger partial charge in [-0.2, -0.15) is 0 Å². The number of alkyl halides is 1. The van der Waals surface area contributed by atoms with Gasteiger partial charge >= 0.3 is 0 Å². The van der Waals surface area contributed by atoms with Crippen LogP contribution in [0, 0.1) is 0 Å². The van der Waals surface area contributed by atoms with E-state index in [4.69, 9.17) is 9.85 Å². The number of nitrogens with two attached hydrogens (primary N) is 1. The summed E-state index contributed by atoms with van der Waals surface area (Å²) in [4.78, 5) is 0. The molecular formula is C14H34INOSi2. The van der Waals surface area contributed by atoms with E-state index in [1.807, 2.05) is 0 Å². The Kier molecular flexibility index (Phi) is 8.99. The van der Waals surface area contributed by atoms with E-state index in [9.17, 15) is 0 Å². The Morgan fingerprint density at radius 2 is 1.53 bits per heavy atom. The molecule has 1 atom stereocenters. The average Bonchev–Trinajstić information content (AvgIpc) is 2.24. The third-order valence-corrected chi connectivity index (χ3v) is 12.6. The van der Waals surface area contributed by atoms with Crippen molar-refractivity contribution in [2.45, 2.75) is 81.2 Å². The summed E-state index contributed by atoms with van der Waals surface area (Å²) < 4.78 is 7.06. The lowest BCUT2D eigenvalue weighted by Crippen LogP contribution is -2.44. The van der Waals surface area contributed by atoms with E-state index in [0.717, 1.165) is 13.0 Å². The molecule has 0 aliphatic carbocycles. The third-order valence-electron chi connectivity index (χ3n) is 3.75. The van der Waals surface area contributed by atoms with Crippen molar-refractivity contribution < 1.29 is 4.12 Å². The lowest BCUT2D eigenvalue weighted by molar-refractivity contribution is 0.518. The fraction of sp³-hybridized carbons (Fsp3) is 1.00. The van der Waals surface area contributed by atoms with Crippen LogP contribution in [0.2, 0.25) is 38.3 Å². The highest BCUT2D eigenvalue weighted by Gasteiger charge is 2.32. The Balaban J connectivity index is 4.17. The van der Waals surface area contributed by atoms with Gasteiger partial charge in [-0.25, -0.2) is 0 Å². The zero-order valence-electron chi connectivity index (χ0n) is 13.8. The molecule has 2 nitrogen and oxygen atoms in total. The van der Waals surface area contributed by atoms with Crippen LogP contribution < -0.4 is 5.73 Å². The summed E-state index contributed by atoms with van der Waals surface area (Å²) in [6.45, 7) is 14.9. The zero-order valence-corrected chi connectivity index (χ0v) is 18.0. The molecule has 0 radical (unpaired) electrons. The standard InChI is InChI=1S/C14H34INOSi2/c1-7-14(2,15)10-8-12-18(3,4)17-19(5,6)13-9-11-16/h7-13,16H2,1-6H3. The SMILES string of the molecule is CCC(C)(I)CCC[Si](C)(C)O[Si](C)(C)CCCN. The van der Waals surface area contributed by atoms with E-state index >= 15 is 0 Å². The summed E-state index contributed by atoms with van der Waals surface area (Å²) in [6.07, 6.45) is 5.00. The van der Waals surface area contributed by atoms with Crippen molar-refractivity contribution in [3.63, 3.8) is 0 Å². The van der Waals surface area contributed by atoms with Crippen LogP contribution in [0.3, 0.4) is 0 Å². The van der Waals surface area contributed by atoms with Gasteiger partial charge in [0.25, 0.3) is 0 Å². The van der Waals surface area contributed by atoms with Crippen LogP contribution in [0.1, 0.15) is 39.5 Å². The van der Waals surface area contributed by atoms with Crippen molar-refractivity contribution >= 4 is 39.2 Å². The lowest BCUT2D eigenvalue weighted by atomic mass is 10.0. The number of hydrogen-bond donors (Lipinski definition) is 1. The Morgan fingerprint density at radius 1 is 1.05 bits per heavy atom. The minimum atomic E-state index is -1.48. The van der Waals surface area contributed by atoms with E-state index in [2.05, 4.69) is 62.6 Å². The second-order valence-electron chi connectivity index (χ2n) is 7.13. The molecule has 0 aliphatic heterocycles. The van der Waals surface area contributed by atoms with Crippen LogP contribution in [0.25, 0.3) is 0 Å². The molecule has 0 bridgehead atoms. The minimum absolute atomic E-state index is 0.467. The van der Waals surface area contributed by atoms with Crippen molar-refractivity contribution in [3.8, 4) is 0 Å². The van der Waals surface area contributed by atoms with Gasteiger partial charge in [0, 0.05) is 3.42 Å². The van der Waals surface area contributed by atoms with E-state index in [0.29, 0.717) is 3.42 Å². The molecule has 0 aliphatic rings. The first-order valence-electron chi connectivity index (χ1n) is 7.63. The van der Waals surface area contributed by atoms with Gasteiger partial charge in [0.05, 0.1) is 0 Å². The number of hydrogen-bond acceptors (Lipinski definition) is 2. The molecule has 0 aromatic heterocycles. The average molecular weight is 416 g/mol. The second kappa shape index (κ2) is 8.51. The van der Waals surface area contributed by atoms with E-state index in [1.165, 1.54) is 31.4 Å². The molecular weight excluding hydrogens is 381 g/mol. The predicted molar refractivity (Wildman–Crippen MR) is 101 cm³/mol. The Morgan fingerprint density at radius 3 is 1.95 bits per heavy atom. The highest BCUT2D eigenvalue weighted by molar-refractivity contribution is 14.1. The van der Waals surface area contributed by atoms with Crippen LogP contribution in [-0.2, 0) is 4.12 Å². The molecule has 0 rings (SSSR count). The maximum absolute atomic E-state index is 6.60. The Bertz CT molecular complexity index is 258. The highest BCUT2D eigenvalue weighted by Crippen LogP contribution is 2.31. The van der Waals surface area contributed by atoms with Gasteiger partial charge in [-0.05, 0) is 64.1 Å². The van der Waals surface area contributed by atoms with Crippen molar-refractivity contribution in [1.29, 1.82) is 0 Å². The van der Waals surface area contributed by atoms with Crippen molar-refractivity contribution in [2.75, 3.05) is 6.54 Å². The van der Waals surface area contributed by atoms with Crippen molar-refractivity contribution in [1.82, 2.24) is 0 Å². The topological polar surface area (TPSA) is 35.2 Å². The first-order valence-corrected chi connectivity index (χ1v) is 14.9. The quantitative estimate of drug-likeness (QED) is 0.304. The van der Waals surface area contributed by atoms with Gasteiger partial charge < -0.3 is 9.85 Å². The molecule has 5 heteroatoms. The first-order chi connectivity index (χ1) is 8.54. The van der Waals surface area contributed by atoms with Crippen molar-refractivity contribution in [2.24, 2.45) is 5.73 Å². The molecule has 1 unspecified atom stereocenters. The molecule has 0 heterocycles. The fourth-order valence-electron chi connectivity index (χ4n) is 2.44. The van der Waals surface area contributed by atoms with E-state index in [-0.39, 0.29) is 0 Å². The largest absolute Gasteiger partial charge is 0.455 e. The second-order valence-corrected chi connectivity index (χ2v) is 18.6. The number of halogens is 1. The molecule has 0 aromatic carbocycles. The summed E-state index contributed by atoms with van der Waals surface area (Å²) in [6, 6.07) is 2.50. The maximum atomic E-state index is 6.60. The maximum Gasteiger partial charge on any atom is 0.173 e. The zero-order chi connectivity index (χ0) is 15.2. The molecule has 0 saturated carbocycles. The summed E-state index contributed by atoms with van der Waals surface area (Å²) in [5.41, 5.74) is 5.62. The van der Waals surface area contributed by atoms with Crippen LogP contribution in [0.15, 0.2) is 0 Å². The van der Waals surface area contributed by atoms with Gasteiger partial charge in [0.1, 0.15) is 0 Å². The molecule has 0 aromatic rings. The molecule has 0 spiro atoms. The Hall–Kier alpha value is 1.08. The van der Waals surface area contributed by atoms with E-state index < -0.39 is 16.6 Å². The molecule has 2 N–H and O–H groups in total. The molecule has 0 saturated heterocycles. The molecule has 0 amide bonds. The smallest absolute Gasteiger partial charge is 0.173 e. The van der Waals surface area contributed by atoms with Crippen LogP contribution in [-0.4, -0.2) is 26.6 Å². The highest BCUT2D eigenvalue weighted by atomic mass is 127. The monoisotopic (exact) mass is 415 g/mol. The van der Waals surface area contributed by atoms with Crippen molar-refractivity contribution in [3.05, 3.63) is 0 Å². The summed E-state index contributed by atoms with van der Waals surface area (Å²) in [5.74, 6) is 0. The van der Waals surface area contributed by atoms with E-state index in [1.54, 1.807) is 0 Å². The lowest BCUT2D eigenvalue weighted by Gasteiger charge is -2.34. The van der Waals surface area contributed by atoms with Gasteiger partial charge in [0.15, 0.2) is 16.6 Å². The molecule has 116 valence electrons. The molecule has 19 heavy (non-hydrogen) atoms. The Labute approximate surface area is 136 Å². The normalized spacial score (nSPS) is 16.4. The fourth-order valence-corrected chi connectivity index (χ4v) is 11.7. The third kappa shape index (κ3) is 10.5.